The van der Waals surface area contributed by atoms with Crippen molar-refractivity contribution in [1.29, 1.82) is 5.26 Å². The maximum atomic E-state index is 13.7. The monoisotopic (exact) mass is 431 g/mol. The van der Waals surface area contributed by atoms with E-state index in [0.717, 1.165) is 25.7 Å². The van der Waals surface area contributed by atoms with Crippen LogP contribution in [0, 0.1) is 30.0 Å². The molecule has 31 heavy (non-hydrogen) atoms. The average molecular weight is 432 g/mol. The molecule has 1 amide bonds. The summed E-state index contributed by atoms with van der Waals surface area (Å²) in [5.74, 6) is -0.829. The van der Waals surface area contributed by atoms with Gasteiger partial charge in [-0.05, 0) is 37.5 Å². The van der Waals surface area contributed by atoms with Crippen molar-refractivity contribution in [3.63, 3.8) is 0 Å². The second kappa shape index (κ2) is 14.4. The van der Waals surface area contributed by atoms with E-state index in [9.17, 15) is 14.4 Å². The van der Waals surface area contributed by atoms with Gasteiger partial charge in [0.1, 0.15) is 25.0 Å². The maximum Gasteiger partial charge on any atom is 0.254 e. The van der Waals surface area contributed by atoms with Crippen LogP contribution in [0.1, 0.15) is 61.5 Å². The number of anilines is 2. The van der Waals surface area contributed by atoms with Crippen LogP contribution < -0.4 is 11.1 Å². The van der Waals surface area contributed by atoms with Crippen LogP contribution in [0.5, 0.6) is 0 Å². The third-order valence-electron chi connectivity index (χ3n) is 4.67. The fourth-order valence-electron chi connectivity index (χ4n) is 3.22. The molecule has 1 heterocycles. The molecule has 1 saturated carbocycles. The van der Waals surface area contributed by atoms with Gasteiger partial charge in [-0.3, -0.25) is 9.48 Å². The standard InChI is InChI=1S/C18H20FN5O.C2H6.2CH2O/c1-11-6-7-13(8-15(11)19)22-18-14(17(21)25)10-24(23-18)16-5-3-2-4-12(16)9-20;3*1-2/h6-8,10,12,16H,2-5H2,1H3,(H2,21,25)(H,22,23);1-2H3;2*1H2/t12?,16-;;;/m0.../s1. The van der Waals surface area contributed by atoms with Gasteiger partial charge in [0, 0.05) is 11.9 Å². The lowest BCUT2D eigenvalue weighted by molar-refractivity contribution is -0.0987. The zero-order valence-electron chi connectivity index (χ0n) is 18.2. The Morgan fingerprint density at radius 1 is 1.26 bits per heavy atom. The van der Waals surface area contributed by atoms with Gasteiger partial charge in [0.2, 0.25) is 0 Å². The first-order chi connectivity index (χ1) is 15.0. The van der Waals surface area contributed by atoms with Gasteiger partial charge < -0.3 is 20.6 Å². The number of aromatic nitrogens is 2. The quantitative estimate of drug-likeness (QED) is 0.750. The molecule has 168 valence electrons. The molecular weight excluding hydrogens is 401 g/mol. The molecule has 0 aliphatic heterocycles. The van der Waals surface area contributed by atoms with Crippen LogP contribution in [0.4, 0.5) is 15.9 Å². The Labute approximate surface area is 182 Å². The maximum absolute atomic E-state index is 13.7. The highest BCUT2D eigenvalue weighted by atomic mass is 19.1. The lowest BCUT2D eigenvalue weighted by Gasteiger charge is -2.26. The van der Waals surface area contributed by atoms with E-state index < -0.39 is 5.91 Å². The van der Waals surface area contributed by atoms with E-state index in [4.69, 9.17) is 15.3 Å². The first-order valence-corrected chi connectivity index (χ1v) is 9.89. The summed E-state index contributed by atoms with van der Waals surface area (Å²) in [5, 5.41) is 16.8. The fraction of sp³-hybridized carbons (Fsp3) is 0.409. The first kappa shape index (κ1) is 27.5. The van der Waals surface area contributed by atoms with Crippen LogP contribution in [0.2, 0.25) is 0 Å². The summed E-state index contributed by atoms with van der Waals surface area (Å²) in [7, 11) is 0. The fourth-order valence-corrected chi connectivity index (χ4v) is 3.22. The average Bonchev–Trinajstić information content (AvgIpc) is 3.24. The number of halogens is 1. The number of primary amides is 1. The van der Waals surface area contributed by atoms with E-state index in [1.807, 2.05) is 27.4 Å². The van der Waals surface area contributed by atoms with Gasteiger partial charge in [-0.25, -0.2) is 4.39 Å². The summed E-state index contributed by atoms with van der Waals surface area (Å²) in [6.07, 6.45) is 5.26. The summed E-state index contributed by atoms with van der Waals surface area (Å²) in [6.45, 7) is 9.67. The number of amides is 1. The van der Waals surface area contributed by atoms with Crippen molar-refractivity contribution in [3.05, 3.63) is 41.3 Å². The summed E-state index contributed by atoms with van der Waals surface area (Å²) >= 11 is 0. The molecule has 3 rings (SSSR count). The number of nitrogens with two attached hydrogens (primary N) is 1. The van der Waals surface area contributed by atoms with E-state index in [2.05, 4.69) is 16.5 Å². The molecule has 8 nitrogen and oxygen atoms in total. The van der Waals surface area contributed by atoms with Crippen LogP contribution in [-0.2, 0) is 9.59 Å². The second-order valence-corrected chi connectivity index (χ2v) is 6.41. The molecule has 1 unspecified atom stereocenters. The predicted octanol–water partition coefficient (Wildman–Crippen LogP) is 4.08. The molecule has 0 saturated heterocycles. The molecule has 9 heteroatoms. The molecular formula is C22H30FN5O3. The highest BCUT2D eigenvalue weighted by Gasteiger charge is 2.28. The van der Waals surface area contributed by atoms with Gasteiger partial charge in [0.05, 0.1) is 18.0 Å². The minimum absolute atomic E-state index is 0.0813. The Kier molecular flexibility index (Phi) is 12.8. The van der Waals surface area contributed by atoms with Crippen LogP contribution >= 0.6 is 0 Å². The van der Waals surface area contributed by atoms with Gasteiger partial charge in [-0.1, -0.05) is 32.8 Å². The predicted molar refractivity (Wildman–Crippen MR) is 117 cm³/mol. The summed E-state index contributed by atoms with van der Waals surface area (Å²) < 4.78 is 15.4. The smallest absolute Gasteiger partial charge is 0.254 e. The summed E-state index contributed by atoms with van der Waals surface area (Å²) in [4.78, 5) is 27.8. The molecule has 1 aliphatic rings. The highest BCUT2D eigenvalue weighted by Crippen LogP contribution is 2.34. The summed E-state index contributed by atoms with van der Waals surface area (Å²) in [5.41, 5.74) is 6.70. The molecule has 1 aromatic carbocycles. The second-order valence-electron chi connectivity index (χ2n) is 6.41. The van der Waals surface area contributed by atoms with E-state index in [-0.39, 0.29) is 29.2 Å². The molecule has 1 fully saturated rings. The largest absolute Gasteiger partial charge is 0.365 e. The third-order valence-corrected chi connectivity index (χ3v) is 4.67. The van der Waals surface area contributed by atoms with Crippen molar-refractivity contribution in [1.82, 2.24) is 9.78 Å². The molecule has 1 aromatic heterocycles. The van der Waals surface area contributed by atoms with Crippen molar-refractivity contribution in [2.45, 2.75) is 52.5 Å². The molecule has 2 atom stereocenters. The normalized spacial score (nSPS) is 16.6. The minimum Gasteiger partial charge on any atom is -0.365 e. The number of rotatable bonds is 4. The Balaban J connectivity index is 0.00000138. The van der Waals surface area contributed by atoms with Crippen molar-refractivity contribution >= 4 is 31.0 Å². The first-order valence-electron chi connectivity index (χ1n) is 9.89. The molecule has 0 bridgehead atoms. The number of nitrogens with one attached hydrogen (secondary N) is 1. The van der Waals surface area contributed by atoms with Crippen LogP contribution in [-0.4, -0.2) is 29.3 Å². The molecule has 0 radical (unpaired) electrons. The lowest BCUT2D eigenvalue weighted by Crippen LogP contribution is -2.22. The SMILES string of the molecule is C=O.C=O.CC.Cc1ccc(Nc2nn([C@H]3CCCCC3C#N)cc2C(N)=O)cc1F. The molecule has 0 spiro atoms. The number of carbonyl (C=O) groups is 3. The molecule has 2 aromatic rings. The van der Waals surface area contributed by atoms with E-state index in [1.54, 1.807) is 29.9 Å². The number of hydrogen-bond donors (Lipinski definition) is 2. The van der Waals surface area contributed by atoms with Crippen LogP contribution in [0.3, 0.4) is 0 Å². The van der Waals surface area contributed by atoms with E-state index >= 15 is 0 Å². The van der Waals surface area contributed by atoms with Crippen molar-refractivity contribution in [3.8, 4) is 6.07 Å². The third kappa shape index (κ3) is 7.33. The number of nitriles is 1. The van der Waals surface area contributed by atoms with Crippen LogP contribution in [0.15, 0.2) is 24.4 Å². The van der Waals surface area contributed by atoms with Gasteiger partial charge in [-0.2, -0.15) is 10.4 Å². The van der Waals surface area contributed by atoms with Crippen molar-refractivity contribution in [2.75, 3.05) is 5.32 Å². The number of carbonyl (C=O) groups excluding carboxylic acids is 3. The van der Waals surface area contributed by atoms with E-state index in [1.165, 1.54) is 6.07 Å². The summed E-state index contributed by atoms with van der Waals surface area (Å²) in [6, 6.07) is 6.94. The van der Waals surface area contributed by atoms with Crippen LogP contribution in [0.25, 0.3) is 0 Å². The van der Waals surface area contributed by atoms with Gasteiger partial charge >= 0.3 is 0 Å². The number of nitrogens with zero attached hydrogens (tertiary/aromatic N) is 3. The Morgan fingerprint density at radius 3 is 2.42 bits per heavy atom. The zero-order chi connectivity index (χ0) is 24.0. The zero-order valence-corrected chi connectivity index (χ0v) is 18.2. The number of hydrogen-bond acceptors (Lipinski definition) is 6. The van der Waals surface area contributed by atoms with Crippen molar-refractivity contribution < 1.29 is 18.8 Å². The Hall–Kier alpha value is -3.54. The Morgan fingerprint density at radius 2 is 1.87 bits per heavy atom. The van der Waals surface area contributed by atoms with Crippen molar-refractivity contribution in [2.24, 2.45) is 11.7 Å². The van der Waals surface area contributed by atoms with Gasteiger partial charge in [-0.15, -0.1) is 0 Å². The Bertz CT molecular complexity index is 877. The lowest BCUT2D eigenvalue weighted by atomic mass is 9.85. The number of benzene rings is 1. The minimum atomic E-state index is -0.620. The molecule has 1 aliphatic carbocycles. The van der Waals surface area contributed by atoms with Gasteiger partial charge in [0.15, 0.2) is 5.82 Å². The topological polar surface area (TPSA) is 131 Å². The molecule has 3 N–H and O–H groups in total. The highest BCUT2D eigenvalue weighted by molar-refractivity contribution is 5.98. The number of aryl methyl sites for hydroxylation is 1. The van der Waals surface area contributed by atoms with E-state index in [0.29, 0.717) is 11.3 Å². The van der Waals surface area contributed by atoms with Gasteiger partial charge in [0.25, 0.3) is 5.91 Å².